The SMILES string of the molecule is Cc1cc(F)c(CC#N)c(F)c1F. The molecule has 0 fully saturated rings. The fraction of sp³-hybridized carbons (Fsp3) is 0.222. The van der Waals surface area contributed by atoms with E-state index >= 15 is 0 Å². The van der Waals surface area contributed by atoms with E-state index in [4.69, 9.17) is 5.26 Å². The number of aryl methyl sites for hydroxylation is 1. The molecule has 4 heteroatoms. The average molecular weight is 185 g/mol. The van der Waals surface area contributed by atoms with Gasteiger partial charge >= 0.3 is 0 Å². The molecule has 0 aliphatic carbocycles. The van der Waals surface area contributed by atoms with Gasteiger partial charge in [0.05, 0.1) is 12.5 Å². The first-order valence-corrected chi connectivity index (χ1v) is 3.58. The van der Waals surface area contributed by atoms with Crippen LogP contribution in [0.1, 0.15) is 11.1 Å². The third kappa shape index (κ3) is 1.64. The molecule has 0 spiro atoms. The van der Waals surface area contributed by atoms with Crippen LogP contribution in [0, 0.1) is 35.7 Å². The summed E-state index contributed by atoms with van der Waals surface area (Å²) in [6.07, 6.45) is -0.463. The van der Waals surface area contributed by atoms with E-state index in [0.29, 0.717) is 0 Å². The number of nitrogens with zero attached hydrogens (tertiary/aromatic N) is 1. The predicted molar refractivity (Wildman–Crippen MR) is 40.4 cm³/mol. The van der Waals surface area contributed by atoms with Gasteiger partial charge in [-0.1, -0.05) is 0 Å². The van der Waals surface area contributed by atoms with Crippen molar-refractivity contribution in [3.63, 3.8) is 0 Å². The molecule has 1 rings (SSSR count). The predicted octanol–water partition coefficient (Wildman–Crippen LogP) is 2.48. The van der Waals surface area contributed by atoms with Crippen LogP contribution in [-0.2, 0) is 6.42 Å². The van der Waals surface area contributed by atoms with Gasteiger partial charge in [0.2, 0.25) is 0 Å². The van der Waals surface area contributed by atoms with Crippen molar-refractivity contribution < 1.29 is 13.2 Å². The third-order valence-electron chi connectivity index (χ3n) is 1.69. The maximum Gasteiger partial charge on any atom is 0.166 e. The largest absolute Gasteiger partial charge is 0.207 e. The van der Waals surface area contributed by atoms with Gasteiger partial charge in [0, 0.05) is 5.56 Å². The quantitative estimate of drug-likeness (QED) is 0.616. The Morgan fingerprint density at radius 1 is 1.31 bits per heavy atom. The molecule has 0 saturated carbocycles. The number of nitriles is 1. The van der Waals surface area contributed by atoms with Crippen molar-refractivity contribution in [3.8, 4) is 6.07 Å². The summed E-state index contributed by atoms with van der Waals surface area (Å²) in [5.74, 6) is -3.23. The Hall–Kier alpha value is -1.50. The number of halogens is 3. The highest BCUT2D eigenvalue weighted by Gasteiger charge is 2.15. The second-order valence-electron chi connectivity index (χ2n) is 2.62. The summed E-state index contributed by atoms with van der Waals surface area (Å²) in [6, 6.07) is 2.45. The topological polar surface area (TPSA) is 23.8 Å². The van der Waals surface area contributed by atoms with Crippen LogP contribution in [-0.4, -0.2) is 0 Å². The Kier molecular flexibility index (Phi) is 2.57. The lowest BCUT2D eigenvalue weighted by Crippen LogP contribution is -2.00. The zero-order valence-electron chi connectivity index (χ0n) is 6.87. The zero-order valence-corrected chi connectivity index (χ0v) is 6.87. The van der Waals surface area contributed by atoms with Gasteiger partial charge in [-0.3, -0.25) is 0 Å². The van der Waals surface area contributed by atoms with Gasteiger partial charge in [0.1, 0.15) is 5.82 Å². The first-order valence-electron chi connectivity index (χ1n) is 3.58. The fourth-order valence-corrected chi connectivity index (χ4v) is 0.992. The Balaban J connectivity index is 3.36. The maximum absolute atomic E-state index is 12.9. The van der Waals surface area contributed by atoms with Gasteiger partial charge in [0.25, 0.3) is 0 Å². The van der Waals surface area contributed by atoms with Crippen LogP contribution < -0.4 is 0 Å². The van der Waals surface area contributed by atoms with Gasteiger partial charge in [-0.15, -0.1) is 0 Å². The molecule has 1 aromatic carbocycles. The third-order valence-corrected chi connectivity index (χ3v) is 1.69. The van der Waals surface area contributed by atoms with E-state index < -0.39 is 29.4 Å². The lowest BCUT2D eigenvalue weighted by molar-refractivity contribution is 0.478. The van der Waals surface area contributed by atoms with Crippen molar-refractivity contribution in [2.45, 2.75) is 13.3 Å². The minimum absolute atomic E-state index is 0.100. The van der Waals surface area contributed by atoms with Crippen LogP contribution in [0.3, 0.4) is 0 Å². The van der Waals surface area contributed by atoms with Gasteiger partial charge in [0.15, 0.2) is 11.6 Å². The van der Waals surface area contributed by atoms with Crippen molar-refractivity contribution in [1.29, 1.82) is 5.26 Å². The highest BCUT2D eigenvalue weighted by atomic mass is 19.2. The van der Waals surface area contributed by atoms with E-state index in [-0.39, 0.29) is 5.56 Å². The number of hydrogen-bond acceptors (Lipinski definition) is 1. The second-order valence-corrected chi connectivity index (χ2v) is 2.62. The van der Waals surface area contributed by atoms with E-state index in [1.165, 1.54) is 6.92 Å². The van der Waals surface area contributed by atoms with E-state index in [1.54, 1.807) is 6.07 Å². The summed E-state index contributed by atoms with van der Waals surface area (Å²) in [4.78, 5) is 0. The van der Waals surface area contributed by atoms with Gasteiger partial charge in [-0.25, -0.2) is 13.2 Å². The lowest BCUT2D eigenvalue weighted by Gasteiger charge is -2.03. The van der Waals surface area contributed by atoms with Crippen molar-refractivity contribution in [2.75, 3.05) is 0 Å². The second kappa shape index (κ2) is 3.48. The van der Waals surface area contributed by atoms with E-state index in [2.05, 4.69) is 0 Å². The Morgan fingerprint density at radius 3 is 2.46 bits per heavy atom. The Labute approximate surface area is 73.4 Å². The summed E-state index contributed by atoms with van der Waals surface area (Å²) in [5, 5.41) is 8.22. The number of benzene rings is 1. The van der Waals surface area contributed by atoms with Crippen molar-refractivity contribution in [2.24, 2.45) is 0 Å². The van der Waals surface area contributed by atoms with E-state index in [0.717, 1.165) is 6.07 Å². The molecule has 0 N–H and O–H groups in total. The van der Waals surface area contributed by atoms with Crippen molar-refractivity contribution in [1.82, 2.24) is 0 Å². The van der Waals surface area contributed by atoms with Crippen LogP contribution in [0.5, 0.6) is 0 Å². The van der Waals surface area contributed by atoms with E-state index in [9.17, 15) is 13.2 Å². The first kappa shape index (κ1) is 9.59. The molecule has 0 atom stereocenters. The normalized spacial score (nSPS) is 9.77. The summed E-state index contributed by atoms with van der Waals surface area (Å²) in [5.41, 5.74) is -0.609. The van der Waals surface area contributed by atoms with Crippen LogP contribution in [0.4, 0.5) is 13.2 Å². The van der Waals surface area contributed by atoms with Gasteiger partial charge in [-0.05, 0) is 18.6 Å². The molecule has 0 bridgehead atoms. The number of rotatable bonds is 1. The van der Waals surface area contributed by atoms with Gasteiger partial charge in [-0.2, -0.15) is 5.26 Å². The smallest absolute Gasteiger partial charge is 0.166 e. The minimum atomic E-state index is -1.26. The molecule has 1 aromatic rings. The molecule has 0 amide bonds. The standard InChI is InChI=1S/C9H6F3N/c1-5-4-7(10)6(2-3-13)9(12)8(5)11/h4H,2H2,1H3. The monoisotopic (exact) mass is 185 g/mol. The zero-order chi connectivity index (χ0) is 10.0. The molecule has 0 radical (unpaired) electrons. The fourth-order valence-electron chi connectivity index (χ4n) is 0.992. The van der Waals surface area contributed by atoms with Crippen LogP contribution in [0.15, 0.2) is 6.07 Å². The molecule has 0 aromatic heterocycles. The highest BCUT2D eigenvalue weighted by molar-refractivity contribution is 5.28. The molecule has 0 saturated heterocycles. The molecule has 1 nitrogen and oxygen atoms in total. The summed E-state index contributed by atoms with van der Waals surface area (Å²) in [7, 11) is 0. The van der Waals surface area contributed by atoms with Crippen LogP contribution in [0.25, 0.3) is 0 Å². The van der Waals surface area contributed by atoms with E-state index in [1.807, 2.05) is 0 Å². The molecule has 68 valence electrons. The average Bonchev–Trinajstić information content (AvgIpc) is 2.09. The molecule has 0 aliphatic heterocycles. The number of hydrogen-bond donors (Lipinski definition) is 0. The Morgan fingerprint density at radius 2 is 1.92 bits per heavy atom. The van der Waals surface area contributed by atoms with Crippen molar-refractivity contribution >= 4 is 0 Å². The summed E-state index contributed by atoms with van der Waals surface area (Å²) in [6.45, 7) is 1.26. The molecule has 0 unspecified atom stereocenters. The van der Waals surface area contributed by atoms with Crippen LogP contribution in [0.2, 0.25) is 0 Å². The lowest BCUT2D eigenvalue weighted by atomic mass is 10.1. The molecular formula is C9H6F3N. The Bertz CT molecular complexity index is 379. The highest BCUT2D eigenvalue weighted by Crippen LogP contribution is 2.19. The maximum atomic E-state index is 12.9. The van der Waals surface area contributed by atoms with Crippen LogP contribution >= 0.6 is 0 Å². The molecule has 0 heterocycles. The van der Waals surface area contributed by atoms with Gasteiger partial charge < -0.3 is 0 Å². The molecule has 13 heavy (non-hydrogen) atoms. The minimum Gasteiger partial charge on any atom is -0.207 e. The first-order chi connectivity index (χ1) is 6.07. The molecular weight excluding hydrogens is 179 g/mol. The van der Waals surface area contributed by atoms with Crippen molar-refractivity contribution in [3.05, 3.63) is 34.6 Å². The summed E-state index contributed by atoms with van der Waals surface area (Å²) >= 11 is 0. The summed E-state index contributed by atoms with van der Waals surface area (Å²) < 4.78 is 38.7. The molecule has 0 aliphatic rings.